The van der Waals surface area contributed by atoms with Crippen LogP contribution in [0.2, 0.25) is 0 Å². The lowest BCUT2D eigenvalue weighted by Crippen LogP contribution is -2.38. The number of fused-ring (bicyclic) bond motifs is 1. The van der Waals surface area contributed by atoms with E-state index in [1.807, 2.05) is 6.92 Å². The molecule has 2 rings (SSSR count). The molecule has 2 aromatic rings. The van der Waals surface area contributed by atoms with Crippen LogP contribution in [0.3, 0.4) is 0 Å². The number of amides is 1. The Balaban J connectivity index is 2.11. The Kier molecular flexibility index (Phi) is 5.57. The first-order valence-corrected chi connectivity index (χ1v) is 7.61. The Morgan fingerprint density at radius 2 is 2.08 bits per heavy atom. The highest BCUT2D eigenvalue weighted by atomic mass is 16.5. The fourth-order valence-electron chi connectivity index (χ4n) is 2.27. The van der Waals surface area contributed by atoms with Gasteiger partial charge in [-0.3, -0.25) is 4.79 Å². The van der Waals surface area contributed by atoms with E-state index in [4.69, 9.17) is 9.15 Å². The van der Waals surface area contributed by atoms with Crippen LogP contribution < -0.4 is 20.8 Å². The molecule has 0 radical (unpaired) electrons. The van der Waals surface area contributed by atoms with Crippen molar-refractivity contribution in [3.63, 3.8) is 0 Å². The van der Waals surface area contributed by atoms with Crippen molar-refractivity contribution in [2.24, 2.45) is 0 Å². The molecule has 0 unspecified atom stereocenters. The highest BCUT2D eigenvalue weighted by Gasteiger charge is 2.15. The van der Waals surface area contributed by atoms with Crippen LogP contribution >= 0.6 is 0 Å². The molecule has 7 nitrogen and oxygen atoms in total. The summed E-state index contributed by atoms with van der Waals surface area (Å²) in [5, 5.41) is 13.6. The molecule has 1 aromatic heterocycles. The van der Waals surface area contributed by atoms with Gasteiger partial charge in [-0.25, -0.2) is 4.79 Å². The Morgan fingerprint density at radius 3 is 2.75 bits per heavy atom. The maximum absolute atomic E-state index is 11.8. The number of benzene rings is 1. The monoisotopic (exact) mass is 332 g/mol. The zero-order valence-electron chi connectivity index (χ0n) is 13.5. The van der Waals surface area contributed by atoms with Crippen molar-refractivity contribution >= 4 is 22.8 Å². The molecule has 0 spiro atoms. The van der Waals surface area contributed by atoms with Gasteiger partial charge in [0.05, 0.1) is 0 Å². The summed E-state index contributed by atoms with van der Waals surface area (Å²) < 4.78 is 10.7. The number of hydrogen-bond acceptors (Lipinski definition) is 6. The quantitative estimate of drug-likeness (QED) is 0.734. The summed E-state index contributed by atoms with van der Waals surface area (Å²) in [4.78, 5) is 33.7. The molecule has 1 N–H and O–H groups in total. The van der Waals surface area contributed by atoms with Gasteiger partial charge in [-0.05, 0) is 31.0 Å². The number of aliphatic carboxylic acids is 1. The summed E-state index contributed by atoms with van der Waals surface area (Å²) in [5.74, 6) is -1.30. The summed E-state index contributed by atoms with van der Waals surface area (Å²) in [6.45, 7) is 3.45. The number of carbonyl (C=O) groups is 2. The third kappa shape index (κ3) is 4.34. The first-order valence-electron chi connectivity index (χ1n) is 7.61. The topological polar surface area (TPSA) is 109 Å². The summed E-state index contributed by atoms with van der Waals surface area (Å²) in [6, 6.07) is 6.47. The number of rotatable bonds is 7. The minimum atomic E-state index is -1.24. The zero-order valence-corrected chi connectivity index (χ0v) is 13.5. The molecule has 0 fully saturated rings. The Morgan fingerprint density at radius 1 is 1.33 bits per heavy atom. The van der Waals surface area contributed by atoms with Crippen molar-refractivity contribution in [1.82, 2.24) is 5.32 Å². The third-order valence-electron chi connectivity index (χ3n) is 3.49. The van der Waals surface area contributed by atoms with Gasteiger partial charge in [0, 0.05) is 36.5 Å². The molecule has 1 amide bonds. The van der Waals surface area contributed by atoms with E-state index in [0.29, 0.717) is 17.8 Å². The molecule has 128 valence electrons. The molecule has 1 aromatic carbocycles. The predicted molar refractivity (Wildman–Crippen MR) is 84.6 cm³/mol. The summed E-state index contributed by atoms with van der Waals surface area (Å²) >= 11 is 0. The third-order valence-corrected chi connectivity index (χ3v) is 3.49. The molecule has 7 heteroatoms. The minimum Gasteiger partial charge on any atom is -0.550 e. The number of carbonyl (C=O) groups excluding carboxylic acids is 2. The van der Waals surface area contributed by atoms with Crippen LogP contribution in [0.5, 0.6) is 5.75 Å². The molecule has 0 bridgehead atoms. The maximum Gasteiger partial charge on any atom is 0.336 e. The first-order chi connectivity index (χ1) is 11.4. The molecule has 0 aliphatic rings. The van der Waals surface area contributed by atoms with Gasteiger partial charge in [0.1, 0.15) is 11.3 Å². The number of nitrogens with one attached hydrogen (secondary N) is 1. The Labute approximate surface area is 138 Å². The summed E-state index contributed by atoms with van der Waals surface area (Å²) in [6.07, 6.45) is -0.399. The van der Waals surface area contributed by atoms with Crippen LogP contribution in [0.4, 0.5) is 0 Å². The number of ether oxygens (including phenoxy) is 1. The number of aryl methyl sites for hydroxylation is 1. The fraction of sp³-hybridized carbons (Fsp3) is 0.353. The van der Waals surface area contributed by atoms with Crippen molar-refractivity contribution < 1.29 is 23.8 Å². The number of carboxylic acids is 1. The Hall–Kier alpha value is -2.83. The number of hydrogen-bond donors (Lipinski definition) is 1. The van der Waals surface area contributed by atoms with Crippen molar-refractivity contribution in [2.75, 3.05) is 6.54 Å². The zero-order chi connectivity index (χ0) is 17.7. The van der Waals surface area contributed by atoms with Crippen LogP contribution in [0, 0.1) is 0 Å². The largest absolute Gasteiger partial charge is 0.550 e. The predicted octanol–water partition coefficient (Wildman–Crippen LogP) is 0.379. The van der Waals surface area contributed by atoms with E-state index in [-0.39, 0.29) is 13.0 Å². The van der Waals surface area contributed by atoms with Gasteiger partial charge < -0.3 is 24.4 Å². The summed E-state index contributed by atoms with van der Waals surface area (Å²) in [7, 11) is 0. The van der Waals surface area contributed by atoms with E-state index < -0.39 is 23.6 Å². The lowest BCUT2D eigenvalue weighted by Gasteiger charge is -2.15. The van der Waals surface area contributed by atoms with Gasteiger partial charge in [-0.2, -0.15) is 0 Å². The second kappa shape index (κ2) is 7.63. The second-order valence-electron chi connectivity index (χ2n) is 5.28. The van der Waals surface area contributed by atoms with Crippen molar-refractivity contribution in [1.29, 1.82) is 0 Å². The van der Waals surface area contributed by atoms with Gasteiger partial charge >= 0.3 is 5.63 Å². The summed E-state index contributed by atoms with van der Waals surface area (Å²) in [5.41, 5.74) is 0.826. The minimum absolute atomic E-state index is 0.0265. The number of carboxylic acid groups (broad SMARTS) is 1. The second-order valence-corrected chi connectivity index (χ2v) is 5.28. The molecular weight excluding hydrogens is 314 g/mol. The SMILES string of the molecule is CCc1cc(=O)oc2cc(O[C@@H](C)C(=O)NCCC(=O)[O-])ccc12. The van der Waals surface area contributed by atoms with E-state index in [1.165, 1.54) is 13.0 Å². The van der Waals surface area contributed by atoms with E-state index in [2.05, 4.69) is 5.32 Å². The normalized spacial score (nSPS) is 11.9. The molecule has 0 aliphatic carbocycles. The molecule has 0 saturated heterocycles. The van der Waals surface area contributed by atoms with E-state index >= 15 is 0 Å². The van der Waals surface area contributed by atoms with Crippen LogP contribution in [-0.4, -0.2) is 24.5 Å². The maximum atomic E-state index is 11.8. The average Bonchev–Trinajstić information content (AvgIpc) is 2.53. The average molecular weight is 332 g/mol. The standard InChI is InChI=1S/C17H19NO6/c1-3-11-8-16(21)24-14-9-12(4-5-13(11)14)23-10(2)17(22)18-7-6-15(19)20/h4-5,8-10H,3,6-7H2,1-2H3,(H,18,22)(H,19,20)/p-1/t10-/m0/s1. The smallest absolute Gasteiger partial charge is 0.336 e. The van der Waals surface area contributed by atoms with Gasteiger partial charge in [-0.1, -0.05) is 6.92 Å². The first kappa shape index (κ1) is 17.5. The van der Waals surface area contributed by atoms with E-state index in [1.54, 1.807) is 18.2 Å². The van der Waals surface area contributed by atoms with Gasteiger partial charge in [0.15, 0.2) is 6.10 Å². The highest BCUT2D eigenvalue weighted by Crippen LogP contribution is 2.23. The molecular formula is C17H18NO6-. The van der Waals surface area contributed by atoms with Crippen LogP contribution in [-0.2, 0) is 16.0 Å². The van der Waals surface area contributed by atoms with Crippen molar-refractivity contribution in [3.05, 3.63) is 40.2 Å². The molecule has 1 heterocycles. The molecule has 1 atom stereocenters. The lowest BCUT2D eigenvalue weighted by molar-refractivity contribution is -0.305. The molecule has 0 saturated carbocycles. The van der Waals surface area contributed by atoms with Gasteiger partial charge in [0.25, 0.3) is 5.91 Å². The van der Waals surface area contributed by atoms with E-state index in [0.717, 1.165) is 10.9 Å². The van der Waals surface area contributed by atoms with Crippen molar-refractivity contribution in [3.8, 4) is 5.75 Å². The van der Waals surface area contributed by atoms with Crippen LogP contribution in [0.15, 0.2) is 33.5 Å². The van der Waals surface area contributed by atoms with Crippen LogP contribution in [0.1, 0.15) is 25.8 Å². The lowest BCUT2D eigenvalue weighted by atomic mass is 10.1. The van der Waals surface area contributed by atoms with Crippen LogP contribution in [0.25, 0.3) is 11.0 Å². The molecule has 24 heavy (non-hydrogen) atoms. The van der Waals surface area contributed by atoms with Gasteiger partial charge in [0.2, 0.25) is 0 Å². The van der Waals surface area contributed by atoms with Crippen molar-refractivity contribution in [2.45, 2.75) is 32.8 Å². The van der Waals surface area contributed by atoms with E-state index in [9.17, 15) is 19.5 Å². The van der Waals surface area contributed by atoms with Gasteiger partial charge in [-0.15, -0.1) is 0 Å². The molecule has 0 aliphatic heterocycles. The fourth-order valence-corrected chi connectivity index (χ4v) is 2.27. The Bertz CT molecular complexity index is 810. The highest BCUT2D eigenvalue weighted by molar-refractivity contribution is 5.83.